The molecule has 5 nitrogen and oxygen atoms in total. The Balaban J connectivity index is 2.02. The fourth-order valence-electron chi connectivity index (χ4n) is 2.97. The normalized spacial score (nSPS) is 11.4. The number of rotatable bonds is 3. The quantitative estimate of drug-likeness (QED) is 0.523. The Kier molecular flexibility index (Phi) is 4.20. The van der Waals surface area contributed by atoms with E-state index in [1.54, 1.807) is 24.3 Å². The lowest BCUT2D eigenvalue weighted by molar-refractivity contribution is -0.138. The monoisotopic (exact) mass is 380 g/mol. The number of nitrogens with one attached hydrogen (secondary N) is 1. The van der Waals surface area contributed by atoms with E-state index in [2.05, 4.69) is 15.2 Å². The number of benzene rings is 2. The van der Waals surface area contributed by atoms with Gasteiger partial charge in [0.2, 0.25) is 0 Å². The Morgan fingerprint density at radius 1 is 1.00 bits per heavy atom. The molecule has 2 heterocycles. The number of pyridine rings is 1. The maximum absolute atomic E-state index is 14.1. The molecular weight excluding hydrogens is 369 g/mol. The van der Waals surface area contributed by atoms with Gasteiger partial charge in [-0.15, -0.1) is 0 Å². The molecule has 0 unspecified atom stereocenters. The van der Waals surface area contributed by atoms with E-state index in [0.29, 0.717) is 11.0 Å². The number of hydrogen-bond donors (Lipinski definition) is 1. The fourth-order valence-corrected chi connectivity index (χ4v) is 2.97. The second-order valence-electron chi connectivity index (χ2n) is 5.88. The van der Waals surface area contributed by atoms with Crippen molar-refractivity contribution in [3.05, 3.63) is 72.1 Å². The molecule has 0 aliphatic heterocycles. The standard InChI is InChI=1S/C20H11F3N4O/c21-20(22,23)17-15(14-8-9-25-19-16(14)11-26-27-19)7-6-12(10-24)18(17)28-13-4-2-1-3-5-13/h1-9,11H,(H,25,26,27). The molecule has 4 rings (SSSR count). The van der Waals surface area contributed by atoms with Gasteiger partial charge in [0.05, 0.1) is 11.8 Å². The first-order valence-corrected chi connectivity index (χ1v) is 8.14. The van der Waals surface area contributed by atoms with Gasteiger partial charge in [0.15, 0.2) is 11.4 Å². The highest BCUT2D eigenvalue weighted by Gasteiger charge is 2.39. The predicted octanol–water partition coefficient (Wildman–Crippen LogP) is 5.31. The number of aromatic amines is 1. The molecule has 0 saturated carbocycles. The summed E-state index contributed by atoms with van der Waals surface area (Å²) in [5.41, 5.74) is -0.707. The molecule has 0 atom stereocenters. The first-order chi connectivity index (χ1) is 13.5. The van der Waals surface area contributed by atoms with Crippen LogP contribution in [-0.4, -0.2) is 15.2 Å². The second kappa shape index (κ2) is 6.70. The molecule has 4 aromatic rings. The Labute approximate surface area is 157 Å². The molecule has 1 N–H and O–H groups in total. The predicted molar refractivity (Wildman–Crippen MR) is 95.6 cm³/mol. The van der Waals surface area contributed by atoms with E-state index in [1.807, 2.05) is 0 Å². The number of nitriles is 1. The Bertz CT molecular complexity index is 1190. The summed E-state index contributed by atoms with van der Waals surface area (Å²) < 4.78 is 47.9. The van der Waals surface area contributed by atoms with Crippen LogP contribution in [0.4, 0.5) is 13.2 Å². The summed E-state index contributed by atoms with van der Waals surface area (Å²) in [6, 6.07) is 13.9. The number of fused-ring (bicyclic) bond motifs is 1. The zero-order valence-corrected chi connectivity index (χ0v) is 14.2. The summed E-state index contributed by atoms with van der Waals surface area (Å²) >= 11 is 0. The van der Waals surface area contributed by atoms with E-state index in [-0.39, 0.29) is 22.4 Å². The van der Waals surface area contributed by atoms with Crippen molar-refractivity contribution in [3.8, 4) is 28.7 Å². The largest absolute Gasteiger partial charge is 0.455 e. The number of ether oxygens (including phenoxy) is 1. The lowest BCUT2D eigenvalue weighted by Crippen LogP contribution is -2.11. The summed E-state index contributed by atoms with van der Waals surface area (Å²) in [4.78, 5) is 4.06. The third kappa shape index (κ3) is 3.03. The summed E-state index contributed by atoms with van der Waals surface area (Å²) in [6.45, 7) is 0. The molecule has 8 heteroatoms. The maximum Gasteiger partial charge on any atom is 0.420 e. The zero-order chi connectivity index (χ0) is 19.7. The highest BCUT2D eigenvalue weighted by molar-refractivity contribution is 5.94. The molecule has 0 amide bonds. The molecule has 2 aromatic heterocycles. The number of halogens is 3. The Morgan fingerprint density at radius 3 is 2.50 bits per heavy atom. The van der Waals surface area contributed by atoms with Crippen molar-refractivity contribution in [1.29, 1.82) is 5.26 Å². The number of hydrogen-bond acceptors (Lipinski definition) is 4. The van der Waals surface area contributed by atoms with Gasteiger partial charge in [-0.1, -0.05) is 24.3 Å². The van der Waals surface area contributed by atoms with Crippen molar-refractivity contribution in [3.63, 3.8) is 0 Å². The topological polar surface area (TPSA) is 74.6 Å². The summed E-state index contributed by atoms with van der Waals surface area (Å²) in [7, 11) is 0. The third-order valence-corrected chi connectivity index (χ3v) is 4.17. The third-order valence-electron chi connectivity index (χ3n) is 4.17. The molecule has 0 bridgehead atoms. The van der Waals surface area contributed by atoms with Gasteiger partial charge in [-0.05, 0) is 35.4 Å². The van der Waals surface area contributed by atoms with E-state index in [1.165, 1.54) is 42.7 Å². The van der Waals surface area contributed by atoms with Gasteiger partial charge < -0.3 is 4.74 Å². The molecular formula is C20H11F3N4O. The lowest BCUT2D eigenvalue weighted by atomic mass is 9.95. The molecule has 2 aromatic carbocycles. The minimum absolute atomic E-state index is 0.119. The molecule has 0 spiro atoms. The number of alkyl halides is 3. The van der Waals surface area contributed by atoms with E-state index >= 15 is 0 Å². The Morgan fingerprint density at radius 2 is 1.79 bits per heavy atom. The van der Waals surface area contributed by atoms with Gasteiger partial charge in [-0.25, -0.2) is 4.98 Å². The smallest absolute Gasteiger partial charge is 0.420 e. The average Bonchev–Trinajstić information content (AvgIpc) is 3.16. The van der Waals surface area contributed by atoms with Crippen molar-refractivity contribution >= 4 is 11.0 Å². The van der Waals surface area contributed by atoms with Crippen molar-refractivity contribution < 1.29 is 17.9 Å². The van der Waals surface area contributed by atoms with Gasteiger partial charge >= 0.3 is 6.18 Å². The van der Waals surface area contributed by atoms with Crippen LogP contribution in [0, 0.1) is 11.3 Å². The summed E-state index contributed by atoms with van der Waals surface area (Å²) in [5, 5.41) is 16.3. The number of para-hydroxylation sites is 1. The molecule has 0 saturated heterocycles. The van der Waals surface area contributed by atoms with Crippen LogP contribution in [0.3, 0.4) is 0 Å². The average molecular weight is 380 g/mol. The van der Waals surface area contributed by atoms with Crippen LogP contribution in [0.1, 0.15) is 11.1 Å². The second-order valence-corrected chi connectivity index (χ2v) is 5.88. The SMILES string of the molecule is N#Cc1ccc(-c2ccnc3[nH]ncc23)c(C(F)(F)F)c1Oc1ccccc1. The number of nitrogens with zero attached hydrogens (tertiary/aromatic N) is 3. The van der Waals surface area contributed by atoms with Crippen LogP contribution in [-0.2, 0) is 6.18 Å². The fraction of sp³-hybridized carbons (Fsp3) is 0.0500. The minimum Gasteiger partial charge on any atom is -0.455 e. The van der Waals surface area contributed by atoms with Gasteiger partial charge in [-0.2, -0.15) is 23.5 Å². The lowest BCUT2D eigenvalue weighted by Gasteiger charge is -2.19. The number of H-pyrrole nitrogens is 1. The first-order valence-electron chi connectivity index (χ1n) is 8.14. The van der Waals surface area contributed by atoms with Crippen LogP contribution >= 0.6 is 0 Å². The van der Waals surface area contributed by atoms with E-state index < -0.39 is 17.5 Å². The van der Waals surface area contributed by atoms with Crippen LogP contribution in [0.5, 0.6) is 11.5 Å². The zero-order valence-electron chi connectivity index (χ0n) is 14.2. The molecule has 0 radical (unpaired) electrons. The molecule has 0 aliphatic carbocycles. The van der Waals surface area contributed by atoms with Gasteiger partial charge in [0.1, 0.15) is 17.4 Å². The molecule has 138 valence electrons. The molecule has 0 fully saturated rings. The van der Waals surface area contributed by atoms with Crippen molar-refractivity contribution in [2.24, 2.45) is 0 Å². The molecule has 28 heavy (non-hydrogen) atoms. The van der Waals surface area contributed by atoms with E-state index in [0.717, 1.165) is 0 Å². The van der Waals surface area contributed by atoms with E-state index in [4.69, 9.17) is 4.74 Å². The van der Waals surface area contributed by atoms with Gasteiger partial charge in [-0.3, -0.25) is 5.10 Å². The van der Waals surface area contributed by atoms with E-state index in [9.17, 15) is 18.4 Å². The van der Waals surface area contributed by atoms with Gasteiger partial charge in [0.25, 0.3) is 0 Å². The number of aromatic nitrogens is 3. The summed E-state index contributed by atoms with van der Waals surface area (Å²) in [5.74, 6) is -0.336. The van der Waals surface area contributed by atoms with Crippen molar-refractivity contribution in [2.75, 3.05) is 0 Å². The van der Waals surface area contributed by atoms with Gasteiger partial charge in [0, 0.05) is 11.6 Å². The first kappa shape index (κ1) is 17.5. The highest BCUT2D eigenvalue weighted by atomic mass is 19.4. The molecule has 0 aliphatic rings. The van der Waals surface area contributed by atoms with Crippen molar-refractivity contribution in [2.45, 2.75) is 6.18 Å². The van der Waals surface area contributed by atoms with Crippen molar-refractivity contribution in [1.82, 2.24) is 15.2 Å². The minimum atomic E-state index is -4.76. The van der Waals surface area contributed by atoms with Crippen LogP contribution in [0.25, 0.3) is 22.2 Å². The summed E-state index contributed by atoms with van der Waals surface area (Å²) in [6.07, 6.45) is -1.95. The van der Waals surface area contributed by atoms with Crippen LogP contribution < -0.4 is 4.74 Å². The van der Waals surface area contributed by atoms with Crippen LogP contribution in [0.15, 0.2) is 60.9 Å². The maximum atomic E-state index is 14.1. The highest BCUT2D eigenvalue weighted by Crippen LogP contribution is 2.46. The Hall–Kier alpha value is -3.86. The van der Waals surface area contributed by atoms with Crippen LogP contribution in [0.2, 0.25) is 0 Å².